The Morgan fingerprint density at radius 3 is 1.26 bits per heavy atom. The van der Waals surface area contributed by atoms with Gasteiger partial charge in [-0.25, -0.2) is 23.5 Å². The molecular weight excluding hydrogens is 1240 g/mol. The van der Waals surface area contributed by atoms with E-state index in [-0.39, 0.29) is 101 Å². The zero-order chi connectivity index (χ0) is 67.2. The molecule has 3 amide bonds. The van der Waals surface area contributed by atoms with Crippen LogP contribution < -0.4 is 5.32 Å². The topological polar surface area (TPSA) is 258 Å². The van der Waals surface area contributed by atoms with Gasteiger partial charge in [0.05, 0.1) is 67.8 Å². The number of amides is 3. The standard InChI is InChI=1S/C26H47B2N4O7PS.C22H43B2N4O5P.C8H9NO5S/c1-19(33)41-18-24(34)29-8-10-31(11-9-29)40(35,32-13-21(39-23(28)15-32)16-36-26(5,6)7)37-17-20-12-30(25(2,3)4)14-22(27)38-20;1-21(2,3)26-11-17(32-19(23)13-26)16-31-34(29,27-9-7-25-8-10-27)28-12-18(33-20(24)14-28)15-30-22(4,5)6;1-5(10)15-4-8(13)14-9-6(11)2-3-7(9)12/h20-23H,8-18H2,1-7H3;17-20,25H,7-16H2,1-6H3;2-4H2,1H3. The molecule has 10 atom stereocenters. The van der Waals surface area contributed by atoms with Crippen LogP contribution in [0, 0.1) is 0 Å². The van der Waals surface area contributed by atoms with Crippen molar-refractivity contribution in [3.63, 3.8) is 0 Å². The molecule has 10 unspecified atom stereocenters. The first-order valence-electron chi connectivity index (χ1n) is 31.0. The number of nitrogens with zero attached hydrogens (tertiary/aromatic N) is 8. The number of piperazine rings is 2. The van der Waals surface area contributed by atoms with Crippen molar-refractivity contribution >= 4 is 104 Å². The van der Waals surface area contributed by atoms with Gasteiger partial charge in [0.15, 0.2) is 10.2 Å². The molecule has 7 aliphatic rings. The first kappa shape index (κ1) is 78.9. The molecule has 34 heteroatoms. The van der Waals surface area contributed by atoms with Crippen LogP contribution in [0.25, 0.3) is 0 Å². The van der Waals surface area contributed by atoms with Gasteiger partial charge in [-0.1, -0.05) is 23.5 Å². The highest BCUT2D eigenvalue weighted by atomic mass is 32.2. The van der Waals surface area contributed by atoms with E-state index < -0.39 is 63.2 Å². The molecule has 0 saturated carbocycles. The van der Waals surface area contributed by atoms with Crippen LogP contribution in [0.4, 0.5) is 0 Å². The van der Waals surface area contributed by atoms with Crippen molar-refractivity contribution in [1.82, 2.24) is 43.8 Å². The Morgan fingerprint density at radius 1 is 0.511 bits per heavy atom. The molecule has 7 fully saturated rings. The van der Waals surface area contributed by atoms with E-state index in [9.17, 15) is 37.9 Å². The SMILES string of the molecule is CC(=O)SCC(=O)ON1C(=O)CCC1=O.[B]C1CN(C(C)(C)C)CC(COP(=O)(N2CCN(C(=O)CSC(C)=O)CC2)N2CC([B])OC(COC(C)(C)C)C2)O1.[B]C1CN(C(C)(C)C)CC(COP(=O)(N2CCNCC2)N2CC([B])OC(COC(C)(C)C)C2)O1. The zero-order valence-corrected chi connectivity index (χ0v) is 59.0. The number of carbonyl (C=O) groups excluding carboxylic acids is 6. The van der Waals surface area contributed by atoms with Crippen LogP contribution in [0.2, 0.25) is 0 Å². The first-order chi connectivity index (χ1) is 41.7. The average Bonchev–Trinajstić information content (AvgIpc) is 1.20. The maximum Gasteiger partial charge on any atom is 0.346 e. The third-order valence-corrected chi connectivity index (χ3v) is 21.9. The minimum Gasteiger partial charge on any atom is -0.380 e. The van der Waals surface area contributed by atoms with Crippen molar-refractivity contribution < 1.29 is 80.2 Å². The van der Waals surface area contributed by atoms with Crippen LogP contribution in [0.5, 0.6) is 0 Å². The van der Waals surface area contributed by atoms with Crippen LogP contribution >= 0.6 is 38.9 Å². The second-order valence-electron chi connectivity index (χ2n) is 27.1. The van der Waals surface area contributed by atoms with E-state index in [2.05, 4.69) is 61.5 Å². The number of hydrogen-bond acceptors (Lipinski definition) is 22. The van der Waals surface area contributed by atoms with Crippen molar-refractivity contribution in [2.45, 2.75) is 180 Å². The molecule has 8 radical (unpaired) electrons. The van der Waals surface area contributed by atoms with Crippen LogP contribution in [0.15, 0.2) is 0 Å². The molecule has 1 N–H and O–H groups in total. The van der Waals surface area contributed by atoms with Gasteiger partial charge in [0.2, 0.25) is 5.91 Å². The lowest BCUT2D eigenvalue weighted by atomic mass is 9.94. The molecule has 0 aliphatic carbocycles. The molecule has 0 bridgehead atoms. The Balaban J connectivity index is 0.000000270. The smallest absolute Gasteiger partial charge is 0.346 e. The number of imide groups is 1. The number of morpholine rings is 4. The Morgan fingerprint density at radius 2 is 0.878 bits per heavy atom. The van der Waals surface area contributed by atoms with Crippen LogP contribution in [-0.2, 0) is 80.2 Å². The Hall–Kier alpha value is -1.76. The highest BCUT2D eigenvalue weighted by Gasteiger charge is 2.48. The number of thioether (sulfide) groups is 2. The minimum absolute atomic E-state index is 0.0425. The minimum atomic E-state index is -3.63. The summed E-state index contributed by atoms with van der Waals surface area (Å²) >= 11 is 1.76. The maximum atomic E-state index is 14.9. The molecule has 7 rings (SSSR count). The van der Waals surface area contributed by atoms with Gasteiger partial charge < -0.3 is 52.5 Å². The maximum absolute atomic E-state index is 14.9. The summed E-state index contributed by atoms with van der Waals surface area (Å²) in [5, 5.41) is 3.46. The lowest BCUT2D eigenvalue weighted by molar-refractivity contribution is -0.195. The van der Waals surface area contributed by atoms with Crippen molar-refractivity contribution in [2.24, 2.45) is 0 Å². The second kappa shape index (κ2) is 35.0. The van der Waals surface area contributed by atoms with E-state index in [1.165, 1.54) is 13.8 Å². The highest BCUT2D eigenvalue weighted by molar-refractivity contribution is 8.14. The molecule has 0 spiro atoms. The number of nitrogens with one attached hydrogen (secondary N) is 1. The van der Waals surface area contributed by atoms with E-state index in [1.807, 2.05) is 55.6 Å². The summed E-state index contributed by atoms with van der Waals surface area (Å²) < 4.78 is 85.3. The van der Waals surface area contributed by atoms with Crippen molar-refractivity contribution in [1.29, 1.82) is 0 Å². The predicted molar refractivity (Wildman–Crippen MR) is 348 cm³/mol. The lowest BCUT2D eigenvalue weighted by Crippen LogP contribution is -2.56. The fourth-order valence-corrected chi connectivity index (χ4v) is 16.2. The third kappa shape index (κ3) is 26.0. The summed E-state index contributed by atoms with van der Waals surface area (Å²) in [6.45, 7) is 36.4. The second-order valence-corrected chi connectivity index (χ2v) is 34.2. The van der Waals surface area contributed by atoms with Crippen molar-refractivity contribution in [2.75, 3.05) is 143 Å². The monoisotopic (exact) mass is 1340 g/mol. The highest BCUT2D eigenvalue weighted by Crippen LogP contribution is 2.57. The lowest BCUT2D eigenvalue weighted by Gasteiger charge is -2.47. The molecule has 90 heavy (non-hydrogen) atoms. The molecule has 0 aromatic carbocycles. The molecule has 26 nitrogen and oxygen atoms in total. The van der Waals surface area contributed by atoms with Gasteiger partial charge in [0.1, 0.15) is 37.1 Å². The van der Waals surface area contributed by atoms with Gasteiger partial charge in [-0.3, -0.25) is 42.9 Å². The van der Waals surface area contributed by atoms with E-state index in [0.29, 0.717) is 103 Å². The Kier molecular flexibility index (Phi) is 30.7. The first-order valence-corrected chi connectivity index (χ1v) is 36.0. The summed E-state index contributed by atoms with van der Waals surface area (Å²) in [5.41, 5.74) is -0.816. The number of hydroxylamine groups is 2. The summed E-state index contributed by atoms with van der Waals surface area (Å²) in [7, 11) is 17.9. The summed E-state index contributed by atoms with van der Waals surface area (Å²) in [6, 6.07) is -2.13. The Labute approximate surface area is 548 Å². The van der Waals surface area contributed by atoms with Crippen molar-refractivity contribution in [3.05, 3.63) is 0 Å². The molecule has 0 aromatic heterocycles. The number of rotatable bonds is 19. The summed E-state index contributed by atoms with van der Waals surface area (Å²) in [6.07, 6.45) is -1.20. The summed E-state index contributed by atoms with van der Waals surface area (Å²) in [4.78, 5) is 78.3. The van der Waals surface area contributed by atoms with Crippen LogP contribution in [0.3, 0.4) is 0 Å². The van der Waals surface area contributed by atoms with E-state index >= 15 is 0 Å². The van der Waals surface area contributed by atoms with Crippen molar-refractivity contribution in [3.8, 4) is 0 Å². The largest absolute Gasteiger partial charge is 0.380 e. The molecule has 7 aliphatic heterocycles. The molecule has 7 heterocycles. The Bertz CT molecular complexity index is 2460. The van der Waals surface area contributed by atoms with E-state index in [1.54, 1.807) is 9.57 Å². The molecule has 7 saturated heterocycles. The fraction of sp³-hybridized carbons (Fsp3) is 0.893. The van der Waals surface area contributed by atoms with Crippen LogP contribution in [0.1, 0.15) is 110 Å². The number of hydrogen-bond donors (Lipinski definition) is 1. The quantitative estimate of drug-likeness (QED) is 0.111. The van der Waals surface area contributed by atoms with E-state index in [4.69, 9.17) is 68.9 Å². The van der Waals surface area contributed by atoms with Gasteiger partial charge >= 0.3 is 21.3 Å². The number of carbonyl (C=O) groups is 6. The van der Waals surface area contributed by atoms with Gasteiger partial charge in [-0.15, -0.1) is 5.06 Å². The average molecular weight is 1340 g/mol. The number of ether oxygens (including phenoxy) is 6. The molecule has 504 valence electrons. The normalized spacial score (nSPS) is 28.4. The van der Waals surface area contributed by atoms with Crippen LogP contribution in [-0.4, -0.2) is 317 Å². The van der Waals surface area contributed by atoms with Gasteiger partial charge in [0.25, 0.3) is 11.8 Å². The van der Waals surface area contributed by atoms with Gasteiger partial charge in [-0.05, 0) is 83.1 Å². The zero-order valence-electron chi connectivity index (χ0n) is 55.6. The molecule has 0 aromatic rings. The van der Waals surface area contributed by atoms with Gasteiger partial charge in [-0.2, -0.15) is 0 Å². The molecular formula is C56H99B4N9O17P2S2. The van der Waals surface area contributed by atoms with Gasteiger partial charge in [0, 0.05) is 166 Å². The summed E-state index contributed by atoms with van der Waals surface area (Å²) in [5.74, 6) is -2.05. The predicted octanol–water partition coefficient (Wildman–Crippen LogP) is 2.43. The fourth-order valence-electron chi connectivity index (χ4n) is 10.4. The van der Waals surface area contributed by atoms with E-state index in [0.717, 1.165) is 36.6 Å². The third-order valence-electron chi connectivity index (χ3n) is 15.0.